The number of aromatic nitrogens is 1. The van der Waals surface area contributed by atoms with Gasteiger partial charge in [0.25, 0.3) is 5.56 Å². The van der Waals surface area contributed by atoms with E-state index in [2.05, 4.69) is 0 Å². The second kappa shape index (κ2) is 12.0. The molecule has 0 aliphatic carbocycles. The average Bonchev–Trinajstić information content (AvgIpc) is 3.61. The number of halogens is 1. The molecule has 3 heterocycles. The fraction of sp³-hybridized carbons (Fsp3) is 0.121. The first kappa shape index (κ1) is 28.0. The SMILES string of the molecule is CCOC(=O)C1=C(c2ccccc2)N=c2s/c(=C\c3ccc(-c4cccc(Cl)c4)o3)c(=O)n2[C@@H]1c1ccc(SC)cc1. The van der Waals surface area contributed by atoms with Crippen molar-refractivity contribution in [1.82, 2.24) is 4.57 Å². The van der Waals surface area contributed by atoms with Crippen LogP contribution in [0, 0.1) is 0 Å². The van der Waals surface area contributed by atoms with Crippen LogP contribution in [-0.2, 0) is 9.53 Å². The lowest BCUT2D eigenvalue weighted by molar-refractivity contribution is -0.138. The molecule has 0 N–H and O–H groups in total. The summed E-state index contributed by atoms with van der Waals surface area (Å²) in [6.45, 7) is 1.96. The highest BCUT2D eigenvalue weighted by Gasteiger charge is 2.35. The van der Waals surface area contributed by atoms with Crippen molar-refractivity contribution in [2.24, 2.45) is 4.99 Å². The van der Waals surface area contributed by atoms with E-state index < -0.39 is 12.0 Å². The molecule has 9 heteroatoms. The summed E-state index contributed by atoms with van der Waals surface area (Å²) in [6.07, 6.45) is 3.71. The van der Waals surface area contributed by atoms with Crippen LogP contribution in [-0.4, -0.2) is 23.4 Å². The predicted octanol–water partition coefficient (Wildman–Crippen LogP) is 6.57. The van der Waals surface area contributed by atoms with Crippen LogP contribution < -0.4 is 14.9 Å². The third-order valence-corrected chi connectivity index (χ3v) is 8.78. The number of fused-ring (bicyclic) bond motifs is 1. The zero-order chi connectivity index (χ0) is 29.2. The van der Waals surface area contributed by atoms with Gasteiger partial charge in [-0.1, -0.05) is 77.5 Å². The molecule has 1 aliphatic heterocycles. The smallest absolute Gasteiger partial charge is 0.338 e. The van der Waals surface area contributed by atoms with Crippen LogP contribution >= 0.6 is 34.7 Å². The molecule has 2 aromatic heterocycles. The van der Waals surface area contributed by atoms with Crippen molar-refractivity contribution in [2.45, 2.75) is 17.9 Å². The number of thiazole rings is 1. The maximum atomic E-state index is 14.1. The number of nitrogens with zero attached hydrogens (tertiary/aromatic N) is 2. The molecule has 1 atom stereocenters. The Balaban J connectivity index is 1.56. The van der Waals surface area contributed by atoms with Gasteiger partial charge in [0.05, 0.1) is 28.5 Å². The molecule has 0 radical (unpaired) electrons. The average molecular weight is 613 g/mol. The number of carbonyl (C=O) groups excluding carboxylic acids is 1. The first-order valence-corrected chi connectivity index (χ1v) is 15.7. The Labute approximate surface area is 255 Å². The highest BCUT2D eigenvalue weighted by molar-refractivity contribution is 7.98. The molecule has 0 spiro atoms. The fourth-order valence-corrected chi connectivity index (χ4v) is 6.48. The number of furan rings is 1. The Bertz CT molecular complexity index is 1990. The quantitative estimate of drug-likeness (QED) is 0.154. The maximum absolute atomic E-state index is 14.1. The van der Waals surface area contributed by atoms with E-state index in [0.29, 0.717) is 37.1 Å². The Morgan fingerprint density at radius 1 is 1.05 bits per heavy atom. The van der Waals surface area contributed by atoms with Gasteiger partial charge in [0.15, 0.2) is 4.80 Å². The van der Waals surface area contributed by atoms with Gasteiger partial charge >= 0.3 is 5.97 Å². The molecule has 0 bridgehead atoms. The molecule has 5 aromatic rings. The Morgan fingerprint density at radius 2 is 1.81 bits per heavy atom. The molecule has 6 rings (SSSR count). The summed E-state index contributed by atoms with van der Waals surface area (Å²) >= 11 is 9.03. The van der Waals surface area contributed by atoms with Crippen molar-refractivity contribution in [3.8, 4) is 11.3 Å². The van der Waals surface area contributed by atoms with E-state index >= 15 is 0 Å². The minimum Gasteiger partial charge on any atom is -0.463 e. The molecule has 210 valence electrons. The van der Waals surface area contributed by atoms with E-state index in [0.717, 1.165) is 21.6 Å². The van der Waals surface area contributed by atoms with E-state index in [4.69, 9.17) is 25.7 Å². The van der Waals surface area contributed by atoms with Crippen LogP contribution in [0.3, 0.4) is 0 Å². The van der Waals surface area contributed by atoms with Crippen LogP contribution in [0.2, 0.25) is 5.02 Å². The van der Waals surface area contributed by atoms with Gasteiger partial charge in [-0.15, -0.1) is 11.8 Å². The summed E-state index contributed by atoms with van der Waals surface area (Å²) < 4.78 is 13.6. The first-order valence-electron chi connectivity index (χ1n) is 13.2. The first-order chi connectivity index (χ1) is 20.5. The van der Waals surface area contributed by atoms with Crippen molar-refractivity contribution < 1.29 is 13.9 Å². The molecule has 0 amide bonds. The molecule has 6 nitrogen and oxygen atoms in total. The predicted molar refractivity (Wildman–Crippen MR) is 168 cm³/mol. The highest BCUT2D eigenvalue weighted by Crippen LogP contribution is 2.35. The third kappa shape index (κ3) is 5.41. The lowest BCUT2D eigenvalue weighted by atomic mass is 9.93. The number of carbonyl (C=O) groups is 1. The van der Waals surface area contributed by atoms with Crippen molar-refractivity contribution >= 4 is 52.4 Å². The monoisotopic (exact) mass is 612 g/mol. The summed E-state index contributed by atoms with van der Waals surface area (Å²) in [5.41, 5.74) is 2.92. The second-order valence-electron chi connectivity index (χ2n) is 9.42. The molecule has 0 saturated heterocycles. The zero-order valence-electron chi connectivity index (χ0n) is 22.7. The van der Waals surface area contributed by atoms with Gasteiger partial charge in [0, 0.05) is 27.1 Å². The van der Waals surface area contributed by atoms with Crippen LogP contribution in [0.5, 0.6) is 0 Å². The van der Waals surface area contributed by atoms with Gasteiger partial charge in [-0.05, 0) is 55.1 Å². The van der Waals surface area contributed by atoms with Gasteiger partial charge < -0.3 is 9.15 Å². The number of ether oxygens (including phenoxy) is 1. The minimum atomic E-state index is -0.729. The van der Waals surface area contributed by atoms with Gasteiger partial charge in [-0.2, -0.15) is 0 Å². The molecule has 0 unspecified atom stereocenters. The molecular weight excluding hydrogens is 588 g/mol. The summed E-state index contributed by atoms with van der Waals surface area (Å²) in [4.78, 5) is 34.1. The van der Waals surface area contributed by atoms with Crippen LogP contribution in [0.4, 0.5) is 0 Å². The standard InChI is InChI=1S/C33H25ClN2O4S2/c1-3-39-32(38)28-29(20-8-5-4-6-9-20)35-33-36(30(28)21-12-15-25(41-2)16-13-21)31(37)27(42-33)19-24-14-17-26(40-24)22-10-7-11-23(34)18-22/h4-19,30H,3H2,1-2H3/b27-19-/t30-/m1/s1. The van der Waals surface area contributed by atoms with Crippen LogP contribution in [0.1, 0.15) is 29.9 Å². The Morgan fingerprint density at radius 3 is 2.52 bits per heavy atom. The largest absolute Gasteiger partial charge is 0.463 e. The highest BCUT2D eigenvalue weighted by atomic mass is 35.5. The molecule has 42 heavy (non-hydrogen) atoms. The van der Waals surface area contributed by atoms with Crippen molar-refractivity contribution in [2.75, 3.05) is 12.9 Å². The molecular formula is C33H25ClN2O4S2. The van der Waals surface area contributed by atoms with Gasteiger partial charge in [0.1, 0.15) is 11.5 Å². The number of esters is 1. The van der Waals surface area contributed by atoms with Crippen molar-refractivity contribution in [3.63, 3.8) is 0 Å². The number of thioether (sulfide) groups is 1. The normalized spacial score (nSPS) is 14.9. The summed E-state index contributed by atoms with van der Waals surface area (Å²) in [5, 5.41) is 0.607. The van der Waals surface area contributed by atoms with Crippen LogP contribution in [0.25, 0.3) is 23.1 Å². The number of hydrogen-bond donors (Lipinski definition) is 0. The van der Waals surface area contributed by atoms with Crippen LogP contribution in [0.15, 0.2) is 116 Å². The minimum absolute atomic E-state index is 0.195. The lowest BCUT2D eigenvalue weighted by Gasteiger charge is -2.26. The zero-order valence-corrected chi connectivity index (χ0v) is 25.1. The Kier molecular flexibility index (Phi) is 8.02. The fourth-order valence-electron chi connectivity index (χ4n) is 4.90. The summed E-state index contributed by atoms with van der Waals surface area (Å²) in [5.74, 6) is 0.647. The van der Waals surface area contributed by atoms with E-state index in [1.54, 1.807) is 35.4 Å². The van der Waals surface area contributed by atoms with Crippen molar-refractivity contribution in [3.05, 3.63) is 138 Å². The van der Waals surface area contributed by atoms with Gasteiger partial charge in [-0.3, -0.25) is 9.36 Å². The number of rotatable bonds is 7. The van der Waals surface area contributed by atoms with E-state index in [1.807, 2.05) is 91.2 Å². The van der Waals surface area contributed by atoms with Gasteiger partial charge in [0.2, 0.25) is 0 Å². The molecule has 0 saturated carbocycles. The molecule has 0 fully saturated rings. The molecule has 1 aliphatic rings. The second-order valence-corrected chi connectivity index (χ2v) is 11.7. The number of benzene rings is 3. The third-order valence-electron chi connectivity index (χ3n) is 6.81. The van der Waals surface area contributed by atoms with E-state index in [-0.39, 0.29) is 12.2 Å². The van der Waals surface area contributed by atoms with E-state index in [1.165, 1.54) is 11.3 Å². The maximum Gasteiger partial charge on any atom is 0.338 e. The molecule has 3 aromatic carbocycles. The van der Waals surface area contributed by atoms with Crippen molar-refractivity contribution in [1.29, 1.82) is 0 Å². The topological polar surface area (TPSA) is 73.8 Å². The lowest BCUT2D eigenvalue weighted by Crippen LogP contribution is -2.40. The van der Waals surface area contributed by atoms with E-state index in [9.17, 15) is 9.59 Å². The summed E-state index contributed by atoms with van der Waals surface area (Å²) in [6, 6.07) is 27.7. The summed E-state index contributed by atoms with van der Waals surface area (Å²) in [7, 11) is 0. The number of hydrogen-bond acceptors (Lipinski definition) is 7. The Hall–Kier alpha value is -4.11. The van der Waals surface area contributed by atoms with Gasteiger partial charge in [-0.25, -0.2) is 9.79 Å².